The quantitative estimate of drug-likeness (QED) is 0.655. The Hall–Kier alpha value is -0.130. The number of rotatable bonds is 7. The van der Waals surface area contributed by atoms with Crippen LogP contribution in [-0.2, 0) is 10.0 Å². The zero-order valence-corrected chi connectivity index (χ0v) is 9.73. The van der Waals surface area contributed by atoms with Crippen LogP contribution in [0.15, 0.2) is 0 Å². The molecule has 1 aliphatic carbocycles. The zero-order chi connectivity index (χ0) is 10.6. The molecule has 14 heavy (non-hydrogen) atoms. The van der Waals surface area contributed by atoms with Gasteiger partial charge in [-0.15, -0.1) is 0 Å². The first-order chi connectivity index (χ1) is 6.53. The molecule has 0 aromatic rings. The van der Waals surface area contributed by atoms with Crippen molar-refractivity contribution in [2.75, 3.05) is 12.3 Å². The summed E-state index contributed by atoms with van der Waals surface area (Å²) in [6.07, 6.45) is 3.22. The van der Waals surface area contributed by atoms with Crippen LogP contribution in [0.25, 0.3) is 0 Å². The third-order valence-electron chi connectivity index (χ3n) is 2.37. The summed E-state index contributed by atoms with van der Waals surface area (Å²) < 4.78 is 25.5. The van der Waals surface area contributed by atoms with E-state index in [2.05, 4.69) is 10.0 Å². The summed E-state index contributed by atoms with van der Waals surface area (Å²) >= 11 is 0. The van der Waals surface area contributed by atoms with E-state index in [-0.39, 0.29) is 11.8 Å². The van der Waals surface area contributed by atoms with E-state index in [1.165, 1.54) is 12.8 Å². The van der Waals surface area contributed by atoms with Gasteiger partial charge in [-0.05, 0) is 26.2 Å². The fourth-order valence-corrected chi connectivity index (χ4v) is 2.42. The summed E-state index contributed by atoms with van der Waals surface area (Å²) in [7, 11) is -3.07. The van der Waals surface area contributed by atoms with E-state index >= 15 is 0 Å². The third-order valence-corrected chi connectivity index (χ3v) is 3.88. The fourth-order valence-electron chi connectivity index (χ4n) is 1.13. The molecule has 0 aromatic heterocycles. The van der Waals surface area contributed by atoms with Crippen molar-refractivity contribution in [1.29, 1.82) is 0 Å². The summed E-state index contributed by atoms with van der Waals surface area (Å²) in [5, 5.41) is 3.18. The second-order valence-corrected chi connectivity index (χ2v) is 5.85. The van der Waals surface area contributed by atoms with Crippen molar-refractivity contribution in [3.05, 3.63) is 0 Å². The predicted molar refractivity (Wildman–Crippen MR) is 57.7 cm³/mol. The molecule has 1 atom stereocenters. The summed E-state index contributed by atoms with van der Waals surface area (Å²) in [6, 6.07) is 0.620. The van der Waals surface area contributed by atoms with Gasteiger partial charge in [-0.2, -0.15) is 0 Å². The van der Waals surface area contributed by atoms with Gasteiger partial charge >= 0.3 is 0 Å². The van der Waals surface area contributed by atoms with Gasteiger partial charge in [-0.1, -0.05) is 6.92 Å². The zero-order valence-electron chi connectivity index (χ0n) is 8.91. The first kappa shape index (κ1) is 11.9. The Labute approximate surface area is 86.5 Å². The summed E-state index contributed by atoms with van der Waals surface area (Å²) in [6.45, 7) is 4.41. The highest BCUT2D eigenvalue weighted by molar-refractivity contribution is 7.89. The minimum absolute atomic E-state index is 0.0425. The maximum atomic E-state index is 11.5. The van der Waals surface area contributed by atoms with Crippen LogP contribution in [0.1, 0.15) is 33.1 Å². The average Bonchev–Trinajstić information content (AvgIpc) is 2.87. The molecule has 1 unspecified atom stereocenters. The van der Waals surface area contributed by atoms with Crippen LogP contribution in [-0.4, -0.2) is 32.8 Å². The second-order valence-electron chi connectivity index (χ2n) is 3.97. The van der Waals surface area contributed by atoms with E-state index in [0.717, 1.165) is 6.42 Å². The first-order valence-corrected chi connectivity index (χ1v) is 6.92. The van der Waals surface area contributed by atoms with Crippen molar-refractivity contribution in [1.82, 2.24) is 10.0 Å². The maximum absolute atomic E-state index is 11.5. The Morgan fingerprint density at radius 2 is 2.07 bits per heavy atom. The summed E-state index contributed by atoms with van der Waals surface area (Å²) in [4.78, 5) is 0. The normalized spacial score (nSPS) is 19.6. The van der Waals surface area contributed by atoms with E-state index in [4.69, 9.17) is 0 Å². The SMILES string of the molecule is CCC(C)NS(=O)(=O)CCNC1CC1. The van der Waals surface area contributed by atoms with Crippen LogP contribution in [0.4, 0.5) is 0 Å². The minimum atomic E-state index is -3.07. The third kappa shape index (κ3) is 4.93. The number of hydrogen-bond acceptors (Lipinski definition) is 3. The average molecular weight is 220 g/mol. The first-order valence-electron chi connectivity index (χ1n) is 5.27. The lowest BCUT2D eigenvalue weighted by Crippen LogP contribution is -2.37. The van der Waals surface area contributed by atoms with Gasteiger partial charge in [0.15, 0.2) is 0 Å². The molecule has 1 fully saturated rings. The van der Waals surface area contributed by atoms with Crippen LogP contribution in [0.2, 0.25) is 0 Å². The highest BCUT2D eigenvalue weighted by Crippen LogP contribution is 2.17. The van der Waals surface area contributed by atoms with Crippen LogP contribution >= 0.6 is 0 Å². The Kier molecular flexibility index (Phi) is 4.34. The topological polar surface area (TPSA) is 58.2 Å². The molecule has 0 aliphatic heterocycles. The van der Waals surface area contributed by atoms with Gasteiger partial charge in [-0.25, -0.2) is 13.1 Å². The molecule has 0 amide bonds. The number of nitrogens with one attached hydrogen (secondary N) is 2. The molecule has 0 heterocycles. The lowest BCUT2D eigenvalue weighted by Gasteiger charge is -2.11. The van der Waals surface area contributed by atoms with Gasteiger partial charge in [0.2, 0.25) is 10.0 Å². The van der Waals surface area contributed by atoms with E-state index < -0.39 is 10.0 Å². The van der Waals surface area contributed by atoms with E-state index in [9.17, 15) is 8.42 Å². The molecule has 0 spiro atoms. The van der Waals surface area contributed by atoms with E-state index in [1.54, 1.807) is 0 Å². The molecule has 0 radical (unpaired) electrons. The molecule has 1 rings (SSSR count). The molecule has 2 N–H and O–H groups in total. The lowest BCUT2D eigenvalue weighted by molar-refractivity contribution is 0.552. The largest absolute Gasteiger partial charge is 0.313 e. The van der Waals surface area contributed by atoms with Crippen molar-refractivity contribution in [2.45, 2.75) is 45.2 Å². The molecule has 0 aromatic carbocycles. The lowest BCUT2D eigenvalue weighted by atomic mass is 10.3. The van der Waals surface area contributed by atoms with Crippen LogP contribution < -0.4 is 10.0 Å². The van der Waals surface area contributed by atoms with E-state index in [0.29, 0.717) is 12.6 Å². The van der Waals surface area contributed by atoms with Gasteiger partial charge in [-0.3, -0.25) is 0 Å². The fraction of sp³-hybridized carbons (Fsp3) is 1.00. The van der Waals surface area contributed by atoms with Crippen molar-refractivity contribution >= 4 is 10.0 Å². The van der Waals surface area contributed by atoms with Gasteiger partial charge in [0.05, 0.1) is 5.75 Å². The molecule has 84 valence electrons. The predicted octanol–water partition coefficient (Wildman–Crippen LogP) is 0.456. The maximum Gasteiger partial charge on any atom is 0.213 e. The monoisotopic (exact) mass is 220 g/mol. The molecule has 5 heteroatoms. The smallest absolute Gasteiger partial charge is 0.213 e. The molecule has 4 nitrogen and oxygen atoms in total. The Morgan fingerprint density at radius 3 is 2.57 bits per heavy atom. The number of sulfonamides is 1. The minimum Gasteiger partial charge on any atom is -0.313 e. The van der Waals surface area contributed by atoms with Crippen molar-refractivity contribution < 1.29 is 8.42 Å². The van der Waals surface area contributed by atoms with Crippen molar-refractivity contribution in [3.8, 4) is 0 Å². The Balaban J connectivity index is 2.18. The van der Waals surface area contributed by atoms with Crippen molar-refractivity contribution in [2.24, 2.45) is 0 Å². The van der Waals surface area contributed by atoms with Crippen LogP contribution in [0.5, 0.6) is 0 Å². The van der Waals surface area contributed by atoms with Gasteiger partial charge in [0.25, 0.3) is 0 Å². The second kappa shape index (κ2) is 5.09. The van der Waals surface area contributed by atoms with Crippen LogP contribution in [0.3, 0.4) is 0 Å². The Bertz CT molecular complexity index is 260. The van der Waals surface area contributed by atoms with Gasteiger partial charge in [0.1, 0.15) is 0 Å². The van der Waals surface area contributed by atoms with Crippen LogP contribution in [0, 0.1) is 0 Å². The molecule has 0 bridgehead atoms. The summed E-state index contributed by atoms with van der Waals surface area (Å²) in [5.74, 6) is 0.188. The highest BCUT2D eigenvalue weighted by Gasteiger charge is 2.21. The molecule has 1 aliphatic rings. The highest BCUT2D eigenvalue weighted by atomic mass is 32.2. The molecular weight excluding hydrogens is 200 g/mol. The Morgan fingerprint density at radius 1 is 1.43 bits per heavy atom. The van der Waals surface area contributed by atoms with E-state index in [1.807, 2.05) is 13.8 Å². The van der Waals surface area contributed by atoms with Crippen molar-refractivity contribution in [3.63, 3.8) is 0 Å². The standard InChI is InChI=1S/C9H20N2O2S/c1-3-8(2)11-14(12,13)7-6-10-9-4-5-9/h8-11H,3-7H2,1-2H3. The van der Waals surface area contributed by atoms with Gasteiger partial charge in [0, 0.05) is 18.6 Å². The summed E-state index contributed by atoms with van der Waals surface area (Å²) in [5.41, 5.74) is 0. The van der Waals surface area contributed by atoms with Gasteiger partial charge < -0.3 is 5.32 Å². The molecular formula is C9H20N2O2S. The molecule has 0 saturated heterocycles. The number of hydrogen-bond donors (Lipinski definition) is 2. The molecule has 1 saturated carbocycles.